The molecule has 39 heavy (non-hydrogen) atoms. The van der Waals surface area contributed by atoms with Crippen molar-refractivity contribution in [2.75, 3.05) is 5.32 Å². The molecule has 2 aromatic heterocycles. The highest BCUT2D eigenvalue weighted by Crippen LogP contribution is 2.31. The lowest BCUT2D eigenvalue weighted by Crippen LogP contribution is -2.32. The van der Waals surface area contributed by atoms with Gasteiger partial charge in [0.1, 0.15) is 5.82 Å². The van der Waals surface area contributed by atoms with Crippen LogP contribution in [-0.2, 0) is 9.53 Å². The lowest BCUT2D eigenvalue weighted by molar-refractivity contribution is -0.124. The number of benzene rings is 3. The number of aryl methyl sites for hydroxylation is 2. The van der Waals surface area contributed by atoms with Crippen molar-refractivity contribution in [2.45, 2.75) is 33.3 Å². The third-order valence-corrected chi connectivity index (χ3v) is 6.38. The van der Waals surface area contributed by atoms with E-state index in [-0.39, 0.29) is 0 Å². The second kappa shape index (κ2) is 11.2. The van der Waals surface area contributed by atoms with E-state index in [0.29, 0.717) is 28.8 Å². The van der Waals surface area contributed by atoms with Gasteiger partial charge in [0, 0.05) is 17.3 Å². The topological polar surface area (TPSA) is 94.1 Å². The van der Waals surface area contributed by atoms with Gasteiger partial charge in [0.05, 0.1) is 28.0 Å². The number of pyridine rings is 1. The molecule has 0 saturated heterocycles. The molecule has 0 aliphatic carbocycles. The van der Waals surface area contributed by atoms with Gasteiger partial charge >= 0.3 is 5.97 Å². The van der Waals surface area contributed by atoms with Gasteiger partial charge in [0.15, 0.2) is 6.10 Å². The molecule has 2 heterocycles. The molecule has 5 rings (SSSR count). The van der Waals surface area contributed by atoms with Crippen LogP contribution in [0, 0.1) is 13.8 Å². The van der Waals surface area contributed by atoms with Gasteiger partial charge in [-0.05, 0) is 50.6 Å². The SMILES string of the molecule is CCC(OC(=O)c1ccc2nc(-c3ccc(C)cc3)c(-c3ccc(C)cc3)nc2c1)C(=O)Nc1ccccn1. The number of hydrogen-bond donors (Lipinski definition) is 1. The summed E-state index contributed by atoms with van der Waals surface area (Å²) in [6.45, 7) is 5.86. The van der Waals surface area contributed by atoms with Crippen LogP contribution >= 0.6 is 0 Å². The molecule has 0 bridgehead atoms. The maximum absolute atomic E-state index is 13.1. The average molecular weight is 517 g/mol. The van der Waals surface area contributed by atoms with Gasteiger partial charge < -0.3 is 10.1 Å². The minimum absolute atomic E-state index is 0.291. The normalized spacial score (nSPS) is 11.7. The van der Waals surface area contributed by atoms with Crippen LogP contribution in [0.15, 0.2) is 91.1 Å². The molecule has 7 heteroatoms. The van der Waals surface area contributed by atoms with E-state index < -0.39 is 18.0 Å². The fourth-order valence-electron chi connectivity index (χ4n) is 4.17. The first-order chi connectivity index (χ1) is 18.9. The zero-order chi connectivity index (χ0) is 27.4. The number of rotatable bonds is 7. The number of nitrogens with one attached hydrogen (secondary N) is 1. The molecule has 0 radical (unpaired) electrons. The van der Waals surface area contributed by atoms with Crippen molar-refractivity contribution in [1.82, 2.24) is 15.0 Å². The van der Waals surface area contributed by atoms with Crippen LogP contribution in [0.2, 0.25) is 0 Å². The Bertz CT molecular complexity index is 1630. The number of nitrogens with zero attached hydrogens (tertiary/aromatic N) is 3. The van der Waals surface area contributed by atoms with E-state index in [2.05, 4.69) is 10.3 Å². The van der Waals surface area contributed by atoms with Crippen molar-refractivity contribution in [3.05, 3.63) is 108 Å². The van der Waals surface area contributed by atoms with Crippen molar-refractivity contribution in [2.24, 2.45) is 0 Å². The van der Waals surface area contributed by atoms with E-state index in [4.69, 9.17) is 14.7 Å². The second-order valence-corrected chi connectivity index (χ2v) is 9.36. The number of carbonyl (C=O) groups is 2. The Balaban J connectivity index is 1.47. The first-order valence-corrected chi connectivity index (χ1v) is 12.8. The highest BCUT2D eigenvalue weighted by molar-refractivity contribution is 5.98. The van der Waals surface area contributed by atoms with E-state index >= 15 is 0 Å². The first kappa shape index (κ1) is 25.7. The van der Waals surface area contributed by atoms with Gasteiger partial charge in [0.25, 0.3) is 5.91 Å². The van der Waals surface area contributed by atoms with Gasteiger partial charge in [0.2, 0.25) is 0 Å². The van der Waals surface area contributed by atoms with Gasteiger partial charge in [-0.2, -0.15) is 0 Å². The predicted molar refractivity (Wildman–Crippen MR) is 152 cm³/mol. The number of ether oxygens (including phenoxy) is 1. The van der Waals surface area contributed by atoms with Crippen LogP contribution < -0.4 is 5.32 Å². The monoisotopic (exact) mass is 516 g/mol. The summed E-state index contributed by atoms with van der Waals surface area (Å²) in [5.41, 5.74) is 7.17. The van der Waals surface area contributed by atoms with Crippen LogP contribution in [-0.4, -0.2) is 32.9 Å². The molecule has 0 spiro atoms. The van der Waals surface area contributed by atoms with Gasteiger partial charge in [-0.1, -0.05) is 72.6 Å². The molecule has 1 atom stereocenters. The van der Waals surface area contributed by atoms with Crippen molar-refractivity contribution >= 4 is 28.7 Å². The molecule has 0 fully saturated rings. The number of fused-ring (bicyclic) bond motifs is 1. The molecule has 5 aromatic rings. The van der Waals surface area contributed by atoms with Crippen LogP contribution in [0.5, 0.6) is 0 Å². The van der Waals surface area contributed by atoms with Crippen LogP contribution in [0.4, 0.5) is 5.82 Å². The Morgan fingerprint density at radius 2 is 1.41 bits per heavy atom. The summed E-state index contributed by atoms with van der Waals surface area (Å²) in [6, 6.07) is 26.5. The zero-order valence-electron chi connectivity index (χ0n) is 22.0. The molecule has 0 saturated carbocycles. The Morgan fingerprint density at radius 3 is 1.97 bits per heavy atom. The molecule has 194 valence electrons. The van der Waals surface area contributed by atoms with Crippen LogP contribution in [0.1, 0.15) is 34.8 Å². The Morgan fingerprint density at radius 1 is 0.795 bits per heavy atom. The molecule has 1 amide bonds. The maximum Gasteiger partial charge on any atom is 0.338 e. The summed E-state index contributed by atoms with van der Waals surface area (Å²) >= 11 is 0. The van der Waals surface area contributed by atoms with E-state index in [9.17, 15) is 9.59 Å². The summed E-state index contributed by atoms with van der Waals surface area (Å²) < 4.78 is 5.57. The molecule has 3 aromatic carbocycles. The highest BCUT2D eigenvalue weighted by atomic mass is 16.5. The third kappa shape index (κ3) is 5.83. The summed E-state index contributed by atoms with van der Waals surface area (Å²) in [7, 11) is 0. The average Bonchev–Trinajstić information content (AvgIpc) is 2.96. The Hall–Kier alpha value is -4.91. The third-order valence-electron chi connectivity index (χ3n) is 6.38. The molecule has 1 N–H and O–H groups in total. The molecule has 7 nitrogen and oxygen atoms in total. The fourth-order valence-corrected chi connectivity index (χ4v) is 4.17. The fraction of sp³-hybridized carbons (Fsp3) is 0.156. The first-order valence-electron chi connectivity index (χ1n) is 12.8. The molecular formula is C32H28N4O3. The summed E-state index contributed by atoms with van der Waals surface area (Å²) in [5, 5.41) is 2.68. The number of esters is 1. The quantitative estimate of drug-likeness (QED) is 0.247. The number of aromatic nitrogens is 3. The maximum atomic E-state index is 13.1. The van der Waals surface area contributed by atoms with Crippen LogP contribution in [0.3, 0.4) is 0 Å². The summed E-state index contributed by atoms with van der Waals surface area (Å²) in [6.07, 6.45) is 0.927. The zero-order valence-corrected chi connectivity index (χ0v) is 22.0. The molecular weight excluding hydrogens is 488 g/mol. The summed E-state index contributed by atoms with van der Waals surface area (Å²) in [4.78, 5) is 39.7. The van der Waals surface area contributed by atoms with E-state index in [1.54, 1.807) is 49.5 Å². The lowest BCUT2D eigenvalue weighted by atomic mass is 10.0. The standard InChI is InChI=1S/C32H28N4O3/c1-4-27(31(37)36-28-7-5-6-18-33-28)39-32(38)24-16-17-25-26(19-24)35-30(23-14-10-21(3)11-15-23)29(34-25)22-12-8-20(2)9-13-22/h5-19,27H,4H2,1-3H3,(H,33,36,37). The van der Waals surface area contributed by atoms with Crippen LogP contribution in [0.25, 0.3) is 33.5 Å². The van der Waals surface area contributed by atoms with E-state index in [1.165, 1.54) is 0 Å². The largest absolute Gasteiger partial charge is 0.449 e. The Labute approximate surface area is 226 Å². The highest BCUT2D eigenvalue weighted by Gasteiger charge is 2.23. The van der Waals surface area contributed by atoms with Gasteiger partial charge in [-0.3, -0.25) is 4.79 Å². The van der Waals surface area contributed by atoms with Gasteiger partial charge in [-0.15, -0.1) is 0 Å². The van der Waals surface area contributed by atoms with Crippen molar-refractivity contribution in [3.63, 3.8) is 0 Å². The van der Waals surface area contributed by atoms with Crippen molar-refractivity contribution in [1.29, 1.82) is 0 Å². The van der Waals surface area contributed by atoms with Crippen molar-refractivity contribution < 1.29 is 14.3 Å². The number of amides is 1. The second-order valence-electron chi connectivity index (χ2n) is 9.36. The van der Waals surface area contributed by atoms with E-state index in [0.717, 1.165) is 33.6 Å². The smallest absolute Gasteiger partial charge is 0.338 e. The van der Waals surface area contributed by atoms with Crippen molar-refractivity contribution in [3.8, 4) is 22.5 Å². The number of anilines is 1. The predicted octanol–water partition coefficient (Wildman–Crippen LogP) is 6.55. The number of hydrogen-bond acceptors (Lipinski definition) is 6. The minimum atomic E-state index is -0.965. The lowest BCUT2D eigenvalue weighted by Gasteiger charge is -2.16. The van der Waals surface area contributed by atoms with Gasteiger partial charge in [-0.25, -0.2) is 19.7 Å². The summed E-state index contributed by atoms with van der Waals surface area (Å²) in [5.74, 6) is -0.651. The molecule has 0 aliphatic rings. The minimum Gasteiger partial charge on any atom is -0.449 e. The molecule has 0 aliphatic heterocycles. The number of carbonyl (C=O) groups excluding carboxylic acids is 2. The molecule has 1 unspecified atom stereocenters. The Kier molecular flexibility index (Phi) is 7.41. The van der Waals surface area contributed by atoms with E-state index in [1.807, 2.05) is 62.4 Å².